The zero-order chi connectivity index (χ0) is 10.3. The summed E-state index contributed by atoms with van der Waals surface area (Å²) in [5.41, 5.74) is 1.19. The molecule has 15 heavy (non-hydrogen) atoms. The average Bonchev–Trinajstić information content (AvgIpc) is 3.03. The minimum Gasteiger partial charge on any atom is -0.302 e. The van der Waals surface area contributed by atoms with Crippen LogP contribution in [0.3, 0.4) is 0 Å². The Hall–Kier alpha value is -1.09. The summed E-state index contributed by atoms with van der Waals surface area (Å²) in [6, 6.07) is 10.4. The van der Waals surface area contributed by atoms with Gasteiger partial charge in [0.15, 0.2) is 0 Å². The van der Waals surface area contributed by atoms with Gasteiger partial charge in [-0.25, -0.2) is 4.98 Å². The van der Waals surface area contributed by atoms with E-state index in [0.717, 1.165) is 4.60 Å². The molecule has 0 spiro atoms. The first kappa shape index (κ1) is 9.16. The normalized spacial score (nSPS) is 15.5. The fourth-order valence-electron chi connectivity index (χ4n) is 1.79. The Morgan fingerprint density at radius 2 is 1.93 bits per heavy atom. The highest BCUT2D eigenvalue weighted by Crippen LogP contribution is 2.40. The highest BCUT2D eigenvalue weighted by Gasteiger charge is 2.29. The van der Waals surface area contributed by atoms with Crippen LogP contribution in [0, 0.1) is 0 Å². The molecule has 76 valence electrons. The van der Waals surface area contributed by atoms with Gasteiger partial charge in [0.1, 0.15) is 10.4 Å². The van der Waals surface area contributed by atoms with Gasteiger partial charge in [-0.2, -0.15) is 0 Å². The van der Waals surface area contributed by atoms with E-state index in [1.54, 1.807) is 0 Å². The van der Waals surface area contributed by atoms with Crippen LogP contribution in [0.5, 0.6) is 0 Å². The molecule has 1 aromatic carbocycles. The van der Waals surface area contributed by atoms with Crippen molar-refractivity contribution in [2.24, 2.45) is 0 Å². The summed E-state index contributed by atoms with van der Waals surface area (Å²) >= 11 is 3.44. The monoisotopic (exact) mass is 262 g/mol. The van der Waals surface area contributed by atoms with Crippen LogP contribution in [0.4, 0.5) is 0 Å². The number of aromatic nitrogens is 2. The maximum absolute atomic E-state index is 4.53. The zero-order valence-corrected chi connectivity index (χ0v) is 9.81. The standard InChI is InChI=1S/C12H11BrN2/c13-11-8-15(10-4-2-1-3-5-10)12(14-11)9-6-7-9/h1-5,8-9H,6-7H2. The molecule has 0 amide bonds. The Balaban J connectivity index is 2.10. The minimum atomic E-state index is 0.663. The second-order valence-corrected chi connectivity index (χ2v) is 4.71. The van der Waals surface area contributed by atoms with Crippen LogP contribution < -0.4 is 0 Å². The number of hydrogen-bond acceptors (Lipinski definition) is 1. The highest BCUT2D eigenvalue weighted by atomic mass is 79.9. The summed E-state index contributed by atoms with van der Waals surface area (Å²) in [6.45, 7) is 0. The third-order valence-electron chi connectivity index (χ3n) is 2.68. The van der Waals surface area contributed by atoms with E-state index in [1.165, 1.54) is 24.4 Å². The minimum absolute atomic E-state index is 0.663. The first-order valence-corrected chi connectivity index (χ1v) is 5.94. The Morgan fingerprint density at radius 3 is 2.60 bits per heavy atom. The summed E-state index contributed by atoms with van der Waals surface area (Å²) in [5, 5.41) is 0. The lowest BCUT2D eigenvalue weighted by molar-refractivity contribution is 0.879. The second-order valence-electron chi connectivity index (χ2n) is 3.90. The number of halogens is 1. The maximum Gasteiger partial charge on any atom is 0.124 e. The van der Waals surface area contributed by atoms with Gasteiger partial charge >= 0.3 is 0 Å². The Labute approximate surface area is 97.1 Å². The number of imidazole rings is 1. The van der Waals surface area contributed by atoms with E-state index >= 15 is 0 Å². The molecule has 2 aromatic rings. The molecule has 1 fully saturated rings. The van der Waals surface area contributed by atoms with Crippen molar-refractivity contribution < 1.29 is 0 Å². The molecule has 3 heteroatoms. The van der Waals surface area contributed by atoms with E-state index in [-0.39, 0.29) is 0 Å². The molecule has 0 unspecified atom stereocenters. The van der Waals surface area contributed by atoms with Crippen molar-refractivity contribution in [2.75, 3.05) is 0 Å². The van der Waals surface area contributed by atoms with Gasteiger partial charge in [0, 0.05) is 17.8 Å². The molecule has 0 bridgehead atoms. The van der Waals surface area contributed by atoms with E-state index in [4.69, 9.17) is 0 Å². The van der Waals surface area contributed by atoms with Gasteiger partial charge in [-0.1, -0.05) is 18.2 Å². The maximum atomic E-state index is 4.53. The van der Waals surface area contributed by atoms with Crippen LogP contribution in [0.15, 0.2) is 41.1 Å². The van der Waals surface area contributed by atoms with Crippen molar-refractivity contribution in [2.45, 2.75) is 18.8 Å². The van der Waals surface area contributed by atoms with Crippen molar-refractivity contribution in [3.63, 3.8) is 0 Å². The van der Waals surface area contributed by atoms with Crippen molar-refractivity contribution in [1.82, 2.24) is 9.55 Å². The second kappa shape index (κ2) is 3.49. The Morgan fingerprint density at radius 1 is 1.20 bits per heavy atom. The molecule has 0 N–H and O–H groups in total. The van der Waals surface area contributed by atoms with Crippen LogP contribution in [-0.2, 0) is 0 Å². The zero-order valence-electron chi connectivity index (χ0n) is 8.23. The highest BCUT2D eigenvalue weighted by molar-refractivity contribution is 9.10. The van der Waals surface area contributed by atoms with E-state index in [2.05, 4.69) is 49.7 Å². The smallest absolute Gasteiger partial charge is 0.124 e. The lowest BCUT2D eigenvalue weighted by atomic mass is 10.3. The average molecular weight is 263 g/mol. The molecular formula is C12H11BrN2. The van der Waals surface area contributed by atoms with Crippen LogP contribution in [-0.4, -0.2) is 9.55 Å². The fraction of sp³-hybridized carbons (Fsp3) is 0.250. The van der Waals surface area contributed by atoms with Gasteiger partial charge in [-0.15, -0.1) is 0 Å². The predicted molar refractivity (Wildman–Crippen MR) is 63.2 cm³/mol. The molecule has 0 radical (unpaired) electrons. The van der Waals surface area contributed by atoms with Gasteiger partial charge in [0.25, 0.3) is 0 Å². The lowest BCUT2D eigenvalue weighted by Gasteiger charge is -2.05. The molecule has 1 saturated carbocycles. The predicted octanol–water partition coefficient (Wildman–Crippen LogP) is 3.51. The van der Waals surface area contributed by atoms with Gasteiger partial charge in [0.05, 0.1) is 0 Å². The van der Waals surface area contributed by atoms with E-state index in [0.29, 0.717) is 5.92 Å². The largest absolute Gasteiger partial charge is 0.302 e. The summed E-state index contributed by atoms with van der Waals surface area (Å²) in [4.78, 5) is 4.53. The van der Waals surface area contributed by atoms with Gasteiger partial charge < -0.3 is 4.57 Å². The molecule has 1 aliphatic carbocycles. The van der Waals surface area contributed by atoms with Gasteiger partial charge in [0.2, 0.25) is 0 Å². The van der Waals surface area contributed by atoms with Crippen LogP contribution in [0.1, 0.15) is 24.6 Å². The molecule has 1 heterocycles. The van der Waals surface area contributed by atoms with E-state index < -0.39 is 0 Å². The van der Waals surface area contributed by atoms with Gasteiger partial charge in [-0.05, 0) is 40.9 Å². The third-order valence-corrected chi connectivity index (χ3v) is 3.06. The third kappa shape index (κ3) is 1.72. The number of benzene rings is 1. The molecule has 3 rings (SSSR count). The fourth-order valence-corrected chi connectivity index (χ4v) is 2.18. The topological polar surface area (TPSA) is 17.8 Å². The lowest BCUT2D eigenvalue weighted by Crippen LogP contribution is -1.97. The molecule has 2 nitrogen and oxygen atoms in total. The first-order valence-electron chi connectivity index (χ1n) is 5.15. The van der Waals surface area contributed by atoms with Crippen molar-refractivity contribution in [3.8, 4) is 5.69 Å². The van der Waals surface area contributed by atoms with Crippen LogP contribution >= 0.6 is 15.9 Å². The molecule has 1 aliphatic rings. The number of rotatable bonds is 2. The molecular weight excluding hydrogens is 252 g/mol. The van der Waals surface area contributed by atoms with Crippen LogP contribution in [0.25, 0.3) is 5.69 Å². The SMILES string of the molecule is Brc1cn(-c2ccccc2)c(C2CC2)n1. The first-order chi connectivity index (χ1) is 7.34. The molecule has 0 saturated heterocycles. The van der Waals surface area contributed by atoms with Crippen molar-refractivity contribution in [3.05, 3.63) is 47.0 Å². The molecule has 0 aliphatic heterocycles. The summed E-state index contributed by atoms with van der Waals surface area (Å²) in [5.74, 6) is 1.85. The summed E-state index contributed by atoms with van der Waals surface area (Å²) in [6.07, 6.45) is 4.59. The Bertz CT molecular complexity index is 472. The summed E-state index contributed by atoms with van der Waals surface area (Å²) in [7, 11) is 0. The number of hydrogen-bond donors (Lipinski definition) is 0. The van der Waals surface area contributed by atoms with E-state index in [9.17, 15) is 0 Å². The van der Waals surface area contributed by atoms with Gasteiger partial charge in [-0.3, -0.25) is 0 Å². The number of nitrogens with zero attached hydrogens (tertiary/aromatic N) is 2. The van der Waals surface area contributed by atoms with Crippen LogP contribution in [0.2, 0.25) is 0 Å². The quantitative estimate of drug-likeness (QED) is 0.810. The Kier molecular flexibility index (Phi) is 2.13. The summed E-state index contributed by atoms with van der Waals surface area (Å²) < 4.78 is 3.11. The number of para-hydroxylation sites is 1. The molecule has 0 atom stereocenters. The van der Waals surface area contributed by atoms with Crippen molar-refractivity contribution >= 4 is 15.9 Å². The van der Waals surface area contributed by atoms with Crippen molar-refractivity contribution in [1.29, 1.82) is 0 Å². The molecule has 1 aromatic heterocycles. The van der Waals surface area contributed by atoms with E-state index in [1.807, 2.05) is 12.3 Å².